The van der Waals surface area contributed by atoms with Gasteiger partial charge >= 0.3 is 13.8 Å². The SMILES string of the molecule is CCOP(=O)(CC(F)(F)F)Oc1ccccc1F. The van der Waals surface area contributed by atoms with Gasteiger partial charge in [-0.05, 0) is 19.1 Å². The second-order valence-corrected chi connectivity index (χ2v) is 5.30. The van der Waals surface area contributed by atoms with Crippen molar-refractivity contribution < 1.29 is 31.2 Å². The van der Waals surface area contributed by atoms with E-state index in [-0.39, 0.29) is 6.61 Å². The Morgan fingerprint density at radius 1 is 1.28 bits per heavy atom. The van der Waals surface area contributed by atoms with E-state index in [2.05, 4.69) is 9.05 Å². The fourth-order valence-corrected chi connectivity index (χ4v) is 2.68. The lowest BCUT2D eigenvalue weighted by Gasteiger charge is -2.20. The summed E-state index contributed by atoms with van der Waals surface area (Å²) in [4.78, 5) is 0. The van der Waals surface area contributed by atoms with Crippen LogP contribution in [-0.2, 0) is 9.09 Å². The van der Waals surface area contributed by atoms with Gasteiger partial charge in [-0.2, -0.15) is 13.2 Å². The van der Waals surface area contributed by atoms with Crippen molar-refractivity contribution in [2.45, 2.75) is 13.1 Å². The molecule has 18 heavy (non-hydrogen) atoms. The molecular formula is C10H11F4O3P. The highest BCUT2D eigenvalue weighted by Crippen LogP contribution is 2.52. The van der Waals surface area contributed by atoms with E-state index in [0.717, 1.165) is 12.1 Å². The van der Waals surface area contributed by atoms with Gasteiger partial charge in [-0.1, -0.05) is 12.1 Å². The molecule has 0 aliphatic heterocycles. The van der Waals surface area contributed by atoms with Crippen LogP contribution in [0.25, 0.3) is 0 Å². The van der Waals surface area contributed by atoms with Gasteiger partial charge in [0.25, 0.3) is 0 Å². The molecule has 1 unspecified atom stereocenters. The average Bonchev–Trinajstić information content (AvgIpc) is 2.18. The van der Waals surface area contributed by atoms with Gasteiger partial charge in [0.1, 0.15) is 0 Å². The van der Waals surface area contributed by atoms with Crippen molar-refractivity contribution in [2.75, 3.05) is 12.8 Å². The maximum Gasteiger partial charge on any atom is 0.401 e. The first kappa shape index (κ1) is 15.0. The maximum atomic E-state index is 13.2. The van der Waals surface area contributed by atoms with Crippen LogP contribution < -0.4 is 4.52 Å². The summed E-state index contributed by atoms with van der Waals surface area (Å²) in [6.07, 6.45) is -6.49. The lowest BCUT2D eigenvalue weighted by Crippen LogP contribution is -2.18. The quantitative estimate of drug-likeness (QED) is 0.606. The summed E-state index contributed by atoms with van der Waals surface area (Å²) in [5.41, 5.74) is 0. The molecule has 3 nitrogen and oxygen atoms in total. The number of rotatable bonds is 5. The van der Waals surface area contributed by atoms with E-state index in [4.69, 9.17) is 0 Å². The highest BCUT2D eigenvalue weighted by molar-refractivity contribution is 7.54. The molecule has 0 fully saturated rings. The van der Waals surface area contributed by atoms with Crippen molar-refractivity contribution in [2.24, 2.45) is 0 Å². The molecule has 1 atom stereocenters. The molecule has 0 amide bonds. The molecule has 8 heteroatoms. The van der Waals surface area contributed by atoms with E-state index in [0.29, 0.717) is 0 Å². The van der Waals surface area contributed by atoms with Crippen molar-refractivity contribution in [3.05, 3.63) is 30.1 Å². The number of alkyl halides is 3. The van der Waals surface area contributed by atoms with Gasteiger partial charge in [0, 0.05) is 0 Å². The minimum atomic E-state index is -4.73. The summed E-state index contributed by atoms with van der Waals surface area (Å²) in [6, 6.07) is 4.75. The van der Waals surface area contributed by atoms with E-state index in [1.165, 1.54) is 19.1 Å². The van der Waals surface area contributed by atoms with Gasteiger partial charge in [0.15, 0.2) is 17.7 Å². The zero-order valence-corrected chi connectivity index (χ0v) is 10.3. The standard InChI is InChI=1S/C10H11F4O3P/c1-2-16-18(15,7-10(12,13)14)17-9-6-4-3-5-8(9)11/h3-6H,2,7H2,1H3. The Bertz CT molecular complexity index is 447. The molecule has 0 bridgehead atoms. The number of benzene rings is 1. The largest absolute Gasteiger partial charge is 0.421 e. The van der Waals surface area contributed by atoms with Crippen molar-refractivity contribution in [1.82, 2.24) is 0 Å². The molecule has 0 aliphatic rings. The molecule has 0 saturated carbocycles. The van der Waals surface area contributed by atoms with Crippen LogP contribution in [0.2, 0.25) is 0 Å². The monoisotopic (exact) mass is 286 g/mol. The van der Waals surface area contributed by atoms with Crippen molar-refractivity contribution in [3.63, 3.8) is 0 Å². The number of para-hydroxylation sites is 1. The summed E-state index contributed by atoms with van der Waals surface area (Å²) in [5.74, 6) is -1.43. The Balaban J connectivity index is 2.93. The lowest BCUT2D eigenvalue weighted by atomic mass is 10.3. The summed E-state index contributed by atoms with van der Waals surface area (Å²) in [6.45, 7) is 1.13. The predicted octanol–water partition coefficient (Wildman–Crippen LogP) is 4.00. The maximum absolute atomic E-state index is 13.2. The van der Waals surface area contributed by atoms with Crippen molar-refractivity contribution in [3.8, 4) is 5.75 Å². The van der Waals surface area contributed by atoms with Gasteiger partial charge < -0.3 is 4.52 Å². The third kappa shape index (κ3) is 4.66. The first-order valence-electron chi connectivity index (χ1n) is 5.00. The molecule has 1 aromatic rings. The number of hydrogen-bond acceptors (Lipinski definition) is 3. The highest BCUT2D eigenvalue weighted by Gasteiger charge is 2.42. The Kier molecular flexibility index (Phi) is 4.76. The fourth-order valence-electron chi connectivity index (χ4n) is 1.19. The van der Waals surface area contributed by atoms with Crippen LogP contribution in [0.4, 0.5) is 17.6 Å². The Morgan fingerprint density at radius 3 is 2.39 bits per heavy atom. The Hall–Kier alpha value is -1.07. The summed E-state index contributed by atoms with van der Waals surface area (Å²) < 4.78 is 70.9. The van der Waals surface area contributed by atoms with Crippen LogP contribution in [-0.4, -0.2) is 18.9 Å². The molecule has 102 valence electrons. The zero-order chi connectivity index (χ0) is 13.8. The summed E-state index contributed by atoms with van der Waals surface area (Å²) in [7, 11) is -4.45. The molecule has 1 aromatic carbocycles. The second kappa shape index (κ2) is 5.71. The highest BCUT2D eigenvalue weighted by atomic mass is 31.2. The van der Waals surface area contributed by atoms with Crippen molar-refractivity contribution >= 4 is 7.60 Å². The number of halogens is 4. The Labute approximate surface area is 101 Å². The molecule has 0 heterocycles. The van der Waals surface area contributed by atoms with Crippen LogP contribution in [0.5, 0.6) is 5.75 Å². The van der Waals surface area contributed by atoms with E-state index in [1.807, 2.05) is 0 Å². The molecule has 0 radical (unpaired) electrons. The first-order valence-corrected chi connectivity index (χ1v) is 6.73. The smallest absolute Gasteiger partial charge is 0.401 e. The fraction of sp³-hybridized carbons (Fsp3) is 0.400. The summed E-state index contributed by atoms with van der Waals surface area (Å²) >= 11 is 0. The van der Waals surface area contributed by atoms with Crippen LogP contribution in [0.15, 0.2) is 24.3 Å². The summed E-state index contributed by atoms with van der Waals surface area (Å²) in [5, 5.41) is 0. The Morgan fingerprint density at radius 2 is 1.89 bits per heavy atom. The van der Waals surface area contributed by atoms with E-state index in [9.17, 15) is 22.1 Å². The molecule has 0 saturated heterocycles. The number of hydrogen-bond donors (Lipinski definition) is 0. The van der Waals surface area contributed by atoms with Crippen molar-refractivity contribution in [1.29, 1.82) is 0 Å². The minimum absolute atomic E-state index is 0.234. The van der Waals surface area contributed by atoms with Crippen LogP contribution in [0.3, 0.4) is 0 Å². The van der Waals surface area contributed by atoms with Gasteiger partial charge in [-0.25, -0.2) is 8.96 Å². The molecule has 0 aromatic heterocycles. The lowest BCUT2D eigenvalue weighted by molar-refractivity contribution is -0.109. The normalized spacial score (nSPS) is 15.2. The first-order chi connectivity index (χ1) is 8.26. The molecular weight excluding hydrogens is 275 g/mol. The van der Waals surface area contributed by atoms with E-state index >= 15 is 0 Å². The predicted molar refractivity (Wildman–Crippen MR) is 57.2 cm³/mol. The van der Waals surface area contributed by atoms with Gasteiger partial charge in [0.05, 0.1) is 6.61 Å². The average molecular weight is 286 g/mol. The second-order valence-electron chi connectivity index (χ2n) is 3.32. The molecule has 0 aliphatic carbocycles. The zero-order valence-electron chi connectivity index (χ0n) is 9.41. The molecule has 0 spiro atoms. The third-order valence-corrected chi connectivity index (χ3v) is 3.65. The van der Waals surface area contributed by atoms with Gasteiger partial charge in [-0.3, -0.25) is 4.52 Å². The van der Waals surface area contributed by atoms with Gasteiger partial charge in [-0.15, -0.1) is 0 Å². The third-order valence-electron chi connectivity index (χ3n) is 1.77. The van der Waals surface area contributed by atoms with Crippen LogP contribution >= 0.6 is 7.60 Å². The van der Waals surface area contributed by atoms with Crippen LogP contribution in [0.1, 0.15) is 6.92 Å². The van der Waals surface area contributed by atoms with E-state index < -0.39 is 31.5 Å². The van der Waals surface area contributed by atoms with Gasteiger partial charge in [0.2, 0.25) is 0 Å². The topological polar surface area (TPSA) is 35.5 Å². The van der Waals surface area contributed by atoms with E-state index in [1.54, 1.807) is 0 Å². The van der Waals surface area contributed by atoms with Crippen LogP contribution in [0, 0.1) is 5.82 Å². The molecule has 1 rings (SSSR count). The molecule has 0 N–H and O–H groups in total. The minimum Gasteiger partial charge on any atom is -0.421 e.